The van der Waals surface area contributed by atoms with Crippen LogP contribution in [0.4, 0.5) is 0 Å². The minimum absolute atomic E-state index is 0. The molecule has 0 spiro atoms. The molecule has 0 nitrogen and oxygen atoms in total. The monoisotopic (exact) mass is 452 g/mol. The van der Waals surface area contributed by atoms with Crippen LogP contribution in [0.15, 0.2) is 0 Å². The second-order valence-electron chi connectivity index (χ2n) is 0. The summed E-state index contributed by atoms with van der Waals surface area (Å²) >= 11 is 0. The second-order valence-corrected chi connectivity index (χ2v) is 0. The van der Waals surface area contributed by atoms with E-state index in [4.69, 9.17) is 0 Å². The molecular formula is Br3ClHf. The summed E-state index contributed by atoms with van der Waals surface area (Å²) in [5, 5.41) is 0. The number of hydrogen-bond acceptors (Lipinski definition) is 0. The molecule has 5 heteroatoms. The van der Waals surface area contributed by atoms with Crippen molar-refractivity contribution in [2.45, 2.75) is 0 Å². The number of hydrogen-bond donors (Lipinski definition) is 0. The maximum atomic E-state index is 0. The first-order valence-electron chi connectivity index (χ1n) is 0. The van der Waals surface area contributed by atoms with Gasteiger partial charge in [0.2, 0.25) is 0 Å². The van der Waals surface area contributed by atoms with Gasteiger partial charge in [0, 0.05) is 0 Å². The Morgan fingerprint density at radius 3 is 0.600 bits per heavy atom. The van der Waals surface area contributed by atoms with Gasteiger partial charge in [-0.15, -0.1) is 0 Å². The molecule has 0 atom stereocenters. The summed E-state index contributed by atoms with van der Waals surface area (Å²) < 4.78 is 0. The first kappa shape index (κ1) is 49.0. The molecule has 0 unspecified atom stereocenters. The van der Waals surface area contributed by atoms with Crippen molar-refractivity contribution in [2.24, 2.45) is 0 Å². The first-order valence-corrected chi connectivity index (χ1v) is 0. The largest absolute Gasteiger partial charge is 4.00 e. The molecule has 0 aliphatic heterocycles. The third-order valence-corrected chi connectivity index (χ3v) is 0. The zero-order chi connectivity index (χ0) is 0. The Morgan fingerprint density at radius 1 is 0.600 bits per heavy atom. The Hall–Kier alpha value is 2.60. The van der Waals surface area contributed by atoms with Gasteiger partial charge < -0.3 is 63.4 Å². The molecule has 0 aliphatic rings. The Morgan fingerprint density at radius 2 is 0.600 bits per heavy atom. The molecule has 32 valence electrons. The zero-order valence-corrected chi connectivity index (χ0v) is 11.1. The van der Waals surface area contributed by atoms with Crippen LogP contribution in [0.3, 0.4) is 0 Å². The average Bonchev–Trinajstić information content (AvgIpc) is 0. The van der Waals surface area contributed by atoms with E-state index in [-0.39, 0.29) is 89.2 Å². The second kappa shape index (κ2) is 30.6. The molecule has 0 heterocycles. The molecule has 0 bridgehead atoms. The molecule has 0 rings (SSSR count). The van der Waals surface area contributed by atoms with Gasteiger partial charge in [0.1, 0.15) is 0 Å². The molecule has 0 aromatic heterocycles. The van der Waals surface area contributed by atoms with Gasteiger partial charge in [-0.05, 0) is 0 Å². The quantitative estimate of drug-likeness (QED) is 0.320. The smallest absolute Gasteiger partial charge is 1.00 e. The minimum atomic E-state index is 0. The van der Waals surface area contributed by atoms with E-state index in [2.05, 4.69) is 0 Å². The van der Waals surface area contributed by atoms with Gasteiger partial charge in [-0.1, -0.05) is 0 Å². The van der Waals surface area contributed by atoms with Crippen LogP contribution in [0, 0.1) is 0 Å². The number of rotatable bonds is 0. The Bertz CT molecular complexity index is 6.85. The van der Waals surface area contributed by atoms with Crippen LogP contribution >= 0.6 is 0 Å². The molecule has 0 radical (unpaired) electrons. The third-order valence-electron chi connectivity index (χ3n) is 0. The Balaban J connectivity index is 0. The van der Waals surface area contributed by atoms with Crippen molar-refractivity contribution in [1.29, 1.82) is 0 Å². The SMILES string of the molecule is [Br-].[Br-].[Br-].[Cl-].[Hf+4]. The molecular weight excluding hydrogens is 454 g/mol. The van der Waals surface area contributed by atoms with Crippen LogP contribution in [-0.2, 0) is 25.8 Å². The normalized spacial score (nSPS) is 0. The van der Waals surface area contributed by atoms with Gasteiger partial charge in [-0.25, -0.2) is 0 Å². The van der Waals surface area contributed by atoms with Gasteiger partial charge in [-0.3, -0.25) is 0 Å². The molecule has 0 saturated heterocycles. The molecule has 0 aromatic rings. The fraction of sp³-hybridized carbons (Fsp3) is 0. The van der Waals surface area contributed by atoms with E-state index in [0.717, 1.165) is 0 Å². The van der Waals surface area contributed by atoms with Crippen molar-refractivity contribution in [2.75, 3.05) is 0 Å². The summed E-state index contributed by atoms with van der Waals surface area (Å²) in [6.07, 6.45) is 0. The van der Waals surface area contributed by atoms with Gasteiger partial charge in [0.25, 0.3) is 0 Å². The molecule has 0 saturated carbocycles. The van der Waals surface area contributed by atoms with Crippen molar-refractivity contribution in [3.05, 3.63) is 0 Å². The van der Waals surface area contributed by atoms with E-state index >= 15 is 0 Å². The Labute approximate surface area is 88.0 Å². The maximum Gasteiger partial charge on any atom is 4.00 e. The van der Waals surface area contributed by atoms with E-state index < -0.39 is 0 Å². The van der Waals surface area contributed by atoms with Crippen LogP contribution in [0.25, 0.3) is 0 Å². The molecule has 0 fully saturated rings. The van der Waals surface area contributed by atoms with Gasteiger partial charge in [0.15, 0.2) is 0 Å². The van der Waals surface area contributed by atoms with Gasteiger partial charge in [-0.2, -0.15) is 0 Å². The molecule has 5 heavy (non-hydrogen) atoms. The third kappa shape index (κ3) is 20.7. The maximum absolute atomic E-state index is 0. The van der Waals surface area contributed by atoms with Crippen molar-refractivity contribution in [3.63, 3.8) is 0 Å². The predicted octanol–water partition coefficient (Wildman–Crippen LogP) is -12.0. The summed E-state index contributed by atoms with van der Waals surface area (Å²) in [7, 11) is 0. The summed E-state index contributed by atoms with van der Waals surface area (Å²) in [5.74, 6) is 0. The van der Waals surface area contributed by atoms with Crippen molar-refractivity contribution < 1.29 is 89.2 Å². The fourth-order valence-electron chi connectivity index (χ4n) is 0. The van der Waals surface area contributed by atoms with Crippen LogP contribution in [0.1, 0.15) is 0 Å². The van der Waals surface area contributed by atoms with Gasteiger partial charge >= 0.3 is 25.8 Å². The predicted molar refractivity (Wildman–Crippen MR) is 0 cm³/mol. The van der Waals surface area contributed by atoms with Crippen LogP contribution < -0.4 is 63.4 Å². The molecule has 0 amide bonds. The minimum Gasteiger partial charge on any atom is -1.00 e. The summed E-state index contributed by atoms with van der Waals surface area (Å²) in [6.45, 7) is 0. The van der Waals surface area contributed by atoms with Crippen molar-refractivity contribution >= 4 is 0 Å². The van der Waals surface area contributed by atoms with Crippen LogP contribution in [0.5, 0.6) is 0 Å². The Kier molecular flexibility index (Phi) is 300. The van der Waals surface area contributed by atoms with E-state index in [0.29, 0.717) is 0 Å². The average molecular weight is 454 g/mol. The van der Waals surface area contributed by atoms with E-state index in [9.17, 15) is 0 Å². The number of halogens is 4. The summed E-state index contributed by atoms with van der Waals surface area (Å²) in [6, 6.07) is 0. The van der Waals surface area contributed by atoms with Gasteiger partial charge in [0.05, 0.1) is 0 Å². The summed E-state index contributed by atoms with van der Waals surface area (Å²) in [5.41, 5.74) is 0. The first-order chi connectivity index (χ1) is 0. The van der Waals surface area contributed by atoms with Crippen LogP contribution in [0.2, 0.25) is 0 Å². The molecule has 0 aliphatic carbocycles. The topological polar surface area (TPSA) is 0 Å². The van der Waals surface area contributed by atoms with Crippen molar-refractivity contribution in [1.82, 2.24) is 0 Å². The van der Waals surface area contributed by atoms with E-state index in [1.807, 2.05) is 0 Å². The van der Waals surface area contributed by atoms with E-state index in [1.54, 1.807) is 0 Å². The van der Waals surface area contributed by atoms with E-state index in [1.165, 1.54) is 0 Å². The molecule has 0 N–H and O–H groups in total. The molecule has 0 aromatic carbocycles. The summed E-state index contributed by atoms with van der Waals surface area (Å²) in [4.78, 5) is 0. The zero-order valence-electron chi connectivity index (χ0n) is 2.01. The fourth-order valence-corrected chi connectivity index (χ4v) is 0. The van der Waals surface area contributed by atoms with Crippen LogP contribution in [-0.4, -0.2) is 0 Å². The van der Waals surface area contributed by atoms with Crippen molar-refractivity contribution in [3.8, 4) is 0 Å². The standard InChI is InChI=1S/3BrH.ClH.Hf/h4*1H;/q;;;;+4/p-4.